The van der Waals surface area contributed by atoms with Gasteiger partial charge < -0.3 is 15.6 Å². The second kappa shape index (κ2) is 4.93. The van der Waals surface area contributed by atoms with Crippen LogP contribution in [0.25, 0.3) is 0 Å². The fraction of sp³-hybridized carbons (Fsp3) is 0. The third-order valence-corrected chi connectivity index (χ3v) is 2.30. The number of carboxylic acid groups (broad SMARTS) is 1. The first-order chi connectivity index (χ1) is 8.95. The Morgan fingerprint density at radius 2 is 1.74 bits per heavy atom. The van der Waals surface area contributed by atoms with Crippen LogP contribution in [0.4, 0.5) is 14.5 Å². The minimum absolute atomic E-state index is 0.0494. The number of rotatable bonds is 3. The number of nitrogens with two attached hydrogens (primary N) is 1. The van der Waals surface area contributed by atoms with Crippen molar-refractivity contribution >= 4 is 11.7 Å². The molecule has 0 spiro atoms. The van der Waals surface area contributed by atoms with Crippen molar-refractivity contribution in [3.8, 4) is 11.5 Å². The van der Waals surface area contributed by atoms with Crippen LogP contribution in [0.5, 0.6) is 11.5 Å². The molecule has 2 aromatic carbocycles. The first-order valence-corrected chi connectivity index (χ1v) is 5.22. The Labute approximate surface area is 107 Å². The number of anilines is 1. The second-order valence-electron chi connectivity index (χ2n) is 3.77. The summed E-state index contributed by atoms with van der Waals surface area (Å²) in [5.41, 5.74) is 5.52. The second-order valence-corrected chi connectivity index (χ2v) is 3.77. The van der Waals surface area contributed by atoms with Gasteiger partial charge >= 0.3 is 5.97 Å². The quantitative estimate of drug-likeness (QED) is 0.836. The average molecular weight is 265 g/mol. The maximum atomic E-state index is 13.0. The van der Waals surface area contributed by atoms with Crippen molar-refractivity contribution in [3.63, 3.8) is 0 Å². The molecule has 2 rings (SSSR count). The highest BCUT2D eigenvalue weighted by Crippen LogP contribution is 2.28. The molecule has 0 unspecified atom stereocenters. The molecule has 0 saturated carbocycles. The topological polar surface area (TPSA) is 72.5 Å². The molecule has 0 aliphatic heterocycles. The van der Waals surface area contributed by atoms with Crippen molar-refractivity contribution in [1.29, 1.82) is 0 Å². The number of aromatic carboxylic acids is 1. The maximum Gasteiger partial charge on any atom is 0.339 e. The van der Waals surface area contributed by atoms with Gasteiger partial charge in [0.25, 0.3) is 0 Å². The molecule has 0 bridgehead atoms. The fourth-order valence-corrected chi connectivity index (χ4v) is 1.52. The number of carboxylic acids is 1. The monoisotopic (exact) mass is 265 g/mol. The van der Waals surface area contributed by atoms with Crippen molar-refractivity contribution in [3.05, 3.63) is 53.6 Å². The van der Waals surface area contributed by atoms with E-state index >= 15 is 0 Å². The smallest absolute Gasteiger partial charge is 0.339 e. The lowest BCUT2D eigenvalue weighted by molar-refractivity contribution is 0.0694. The Balaban J connectivity index is 2.40. The van der Waals surface area contributed by atoms with Gasteiger partial charge in [0.05, 0.1) is 0 Å². The van der Waals surface area contributed by atoms with Crippen LogP contribution in [-0.4, -0.2) is 11.1 Å². The Bertz CT molecular complexity index is 624. The first kappa shape index (κ1) is 12.8. The van der Waals surface area contributed by atoms with Gasteiger partial charge in [0, 0.05) is 23.9 Å². The Morgan fingerprint density at radius 3 is 2.32 bits per heavy atom. The molecular weight excluding hydrogens is 256 g/mol. The maximum absolute atomic E-state index is 13.0. The summed E-state index contributed by atoms with van der Waals surface area (Å²) >= 11 is 0. The molecule has 3 N–H and O–H groups in total. The number of carbonyl (C=O) groups is 1. The van der Waals surface area contributed by atoms with E-state index in [4.69, 9.17) is 15.6 Å². The van der Waals surface area contributed by atoms with Crippen LogP contribution >= 0.6 is 0 Å². The highest BCUT2D eigenvalue weighted by Gasteiger charge is 2.13. The van der Waals surface area contributed by atoms with E-state index in [-0.39, 0.29) is 22.7 Å². The predicted molar refractivity (Wildman–Crippen MR) is 64.2 cm³/mol. The van der Waals surface area contributed by atoms with Gasteiger partial charge in [-0.2, -0.15) is 0 Å². The van der Waals surface area contributed by atoms with E-state index in [0.717, 1.165) is 12.1 Å². The van der Waals surface area contributed by atoms with Crippen LogP contribution in [0.2, 0.25) is 0 Å². The number of benzene rings is 2. The molecule has 0 amide bonds. The lowest BCUT2D eigenvalue weighted by Gasteiger charge is -2.09. The number of nitrogen functional groups attached to an aromatic ring is 1. The normalized spacial score (nSPS) is 10.2. The summed E-state index contributed by atoms with van der Waals surface area (Å²) in [6, 6.07) is 6.54. The summed E-state index contributed by atoms with van der Waals surface area (Å²) in [4.78, 5) is 11.0. The first-order valence-electron chi connectivity index (χ1n) is 5.22. The van der Waals surface area contributed by atoms with Gasteiger partial charge in [-0.05, 0) is 18.2 Å². The number of hydrogen-bond acceptors (Lipinski definition) is 3. The lowest BCUT2D eigenvalue weighted by atomic mass is 10.2. The number of hydrogen-bond donors (Lipinski definition) is 2. The molecule has 98 valence electrons. The van der Waals surface area contributed by atoms with Gasteiger partial charge in [-0.1, -0.05) is 0 Å². The van der Waals surface area contributed by atoms with E-state index in [1.54, 1.807) is 0 Å². The third kappa shape index (κ3) is 2.98. The molecule has 19 heavy (non-hydrogen) atoms. The fourth-order valence-electron chi connectivity index (χ4n) is 1.52. The molecule has 0 aliphatic carbocycles. The van der Waals surface area contributed by atoms with Crippen LogP contribution < -0.4 is 10.5 Å². The van der Waals surface area contributed by atoms with E-state index in [9.17, 15) is 13.6 Å². The molecule has 6 heteroatoms. The van der Waals surface area contributed by atoms with Gasteiger partial charge in [-0.15, -0.1) is 0 Å². The van der Waals surface area contributed by atoms with Crippen LogP contribution in [0.3, 0.4) is 0 Å². The van der Waals surface area contributed by atoms with Crippen molar-refractivity contribution < 1.29 is 23.4 Å². The van der Waals surface area contributed by atoms with E-state index in [2.05, 4.69) is 0 Å². The SMILES string of the molecule is Nc1ccc(Oc2cc(F)cc(F)c2)c(C(=O)O)c1. The zero-order valence-corrected chi connectivity index (χ0v) is 9.56. The van der Waals surface area contributed by atoms with Crippen molar-refractivity contribution in [2.75, 3.05) is 5.73 Å². The summed E-state index contributed by atoms with van der Waals surface area (Å²) in [7, 11) is 0. The van der Waals surface area contributed by atoms with E-state index in [1.165, 1.54) is 18.2 Å². The molecule has 0 fully saturated rings. The van der Waals surface area contributed by atoms with Gasteiger partial charge in [0.2, 0.25) is 0 Å². The highest BCUT2D eigenvalue weighted by atomic mass is 19.1. The number of ether oxygens (including phenoxy) is 1. The summed E-state index contributed by atoms with van der Waals surface area (Å²) in [6.45, 7) is 0. The lowest BCUT2D eigenvalue weighted by Crippen LogP contribution is -2.01. The summed E-state index contributed by atoms with van der Waals surface area (Å²) in [5, 5.41) is 8.99. The molecule has 4 nitrogen and oxygen atoms in total. The largest absolute Gasteiger partial charge is 0.478 e. The Hall–Kier alpha value is -2.63. The molecule has 2 aromatic rings. The molecule has 0 atom stereocenters. The van der Waals surface area contributed by atoms with Gasteiger partial charge in [-0.3, -0.25) is 0 Å². The van der Waals surface area contributed by atoms with Crippen molar-refractivity contribution in [2.45, 2.75) is 0 Å². The molecular formula is C13H9F2NO3. The summed E-state index contributed by atoms with van der Waals surface area (Å²) < 4.78 is 31.2. The van der Waals surface area contributed by atoms with Gasteiger partial charge in [0.1, 0.15) is 28.7 Å². The highest BCUT2D eigenvalue weighted by molar-refractivity contribution is 5.92. The minimum atomic E-state index is -1.25. The zero-order valence-electron chi connectivity index (χ0n) is 9.56. The third-order valence-electron chi connectivity index (χ3n) is 2.30. The minimum Gasteiger partial charge on any atom is -0.478 e. The Kier molecular flexibility index (Phi) is 3.33. The summed E-state index contributed by atoms with van der Waals surface area (Å²) in [5.74, 6) is -3.07. The van der Waals surface area contributed by atoms with Crippen LogP contribution in [-0.2, 0) is 0 Å². The van der Waals surface area contributed by atoms with E-state index in [1.807, 2.05) is 0 Å². The zero-order chi connectivity index (χ0) is 14.0. The molecule has 0 saturated heterocycles. The molecule has 0 heterocycles. The van der Waals surface area contributed by atoms with Gasteiger partial charge in [-0.25, -0.2) is 13.6 Å². The molecule has 0 radical (unpaired) electrons. The summed E-state index contributed by atoms with van der Waals surface area (Å²) in [6.07, 6.45) is 0. The van der Waals surface area contributed by atoms with Crippen LogP contribution in [0.15, 0.2) is 36.4 Å². The van der Waals surface area contributed by atoms with Gasteiger partial charge in [0.15, 0.2) is 0 Å². The number of halogens is 2. The standard InChI is InChI=1S/C13H9F2NO3/c14-7-3-8(15)5-10(4-7)19-12-2-1-9(16)6-11(12)13(17)18/h1-6H,16H2,(H,17,18). The predicted octanol–water partition coefficient (Wildman–Crippen LogP) is 3.04. The van der Waals surface area contributed by atoms with Crippen molar-refractivity contribution in [2.24, 2.45) is 0 Å². The average Bonchev–Trinajstić information content (AvgIpc) is 2.30. The molecule has 0 aromatic heterocycles. The molecule has 0 aliphatic rings. The van der Waals surface area contributed by atoms with E-state index in [0.29, 0.717) is 6.07 Å². The van der Waals surface area contributed by atoms with E-state index < -0.39 is 17.6 Å². The van der Waals surface area contributed by atoms with Crippen LogP contribution in [0, 0.1) is 11.6 Å². The van der Waals surface area contributed by atoms with Crippen LogP contribution in [0.1, 0.15) is 10.4 Å². The Morgan fingerprint density at radius 1 is 1.11 bits per heavy atom. The van der Waals surface area contributed by atoms with Crippen molar-refractivity contribution in [1.82, 2.24) is 0 Å².